The number of benzene rings is 2. The lowest BCUT2D eigenvalue weighted by molar-refractivity contribution is 0.0985. The average Bonchev–Trinajstić information content (AvgIpc) is 3.01. The molecule has 0 aliphatic heterocycles. The number of carbonyl (C=O) groups is 1. The van der Waals surface area contributed by atoms with Crippen molar-refractivity contribution in [2.75, 3.05) is 11.9 Å². The maximum absolute atomic E-state index is 13.2. The Kier molecular flexibility index (Phi) is 3.88. The molecule has 0 aliphatic carbocycles. The summed E-state index contributed by atoms with van der Waals surface area (Å²) in [6.45, 7) is 3.97. The van der Waals surface area contributed by atoms with E-state index in [1.807, 2.05) is 50.2 Å². The molecule has 0 radical (unpaired) electrons. The van der Waals surface area contributed by atoms with Gasteiger partial charge < -0.3 is 13.9 Å². The number of anilines is 1. The summed E-state index contributed by atoms with van der Waals surface area (Å²) in [6.07, 6.45) is 0. The van der Waals surface area contributed by atoms with Crippen LogP contribution in [0.4, 0.5) is 5.69 Å². The van der Waals surface area contributed by atoms with Crippen LogP contribution in [0.25, 0.3) is 21.9 Å². The third-order valence-corrected chi connectivity index (χ3v) is 5.05. The standard InChI is InChI=1S/C22H20N2O3/c1-13-9-10-14(2)17(11-13)24(4)21(25)18-12-16-20(23(18)3)15-7-5-6-8-19(15)27-22(16)26/h5-12H,1-4H3. The normalized spacial score (nSPS) is 11.3. The highest BCUT2D eigenvalue weighted by atomic mass is 16.4. The lowest BCUT2D eigenvalue weighted by Gasteiger charge is -2.20. The summed E-state index contributed by atoms with van der Waals surface area (Å²) in [5, 5.41) is 1.22. The maximum atomic E-state index is 13.2. The first-order chi connectivity index (χ1) is 12.9. The Labute approximate surface area is 156 Å². The molecule has 5 heteroatoms. The summed E-state index contributed by atoms with van der Waals surface area (Å²) in [5.41, 5.74) is 4.17. The van der Waals surface area contributed by atoms with E-state index >= 15 is 0 Å². The second-order valence-electron chi connectivity index (χ2n) is 6.89. The molecule has 0 atom stereocenters. The van der Waals surface area contributed by atoms with Gasteiger partial charge in [0.1, 0.15) is 11.3 Å². The van der Waals surface area contributed by atoms with E-state index in [9.17, 15) is 9.59 Å². The van der Waals surface area contributed by atoms with Gasteiger partial charge in [0, 0.05) is 25.2 Å². The van der Waals surface area contributed by atoms with E-state index in [0.29, 0.717) is 22.2 Å². The van der Waals surface area contributed by atoms with E-state index in [1.54, 1.807) is 35.7 Å². The second-order valence-corrected chi connectivity index (χ2v) is 6.89. The molecular weight excluding hydrogens is 340 g/mol. The summed E-state index contributed by atoms with van der Waals surface area (Å²) in [7, 11) is 3.56. The third kappa shape index (κ3) is 2.63. The molecule has 5 nitrogen and oxygen atoms in total. The first kappa shape index (κ1) is 17.1. The SMILES string of the molecule is Cc1ccc(C)c(N(C)C(=O)c2cc3c(=O)oc4ccccc4c3n2C)c1. The summed E-state index contributed by atoms with van der Waals surface area (Å²) >= 11 is 0. The molecule has 1 amide bonds. The first-order valence-corrected chi connectivity index (χ1v) is 8.75. The van der Waals surface area contributed by atoms with Crippen LogP contribution in [0.2, 0.25) is 0 Å². The fourth-order valence-corrected chi connectivity index (χ4v) is 3.56. The Morgan fingerprint density at radius 2 is 1.78 bits per heavy atom. The number of para-hydroxylation sites is 1. The van der Waals surface area contributed by atoms with Crippen LogP contribution in [-0.2, 0) is 7.05 Å². The second kappa shape index (κ2) is 6.13. The van der Waals surface area contributed by atoms with Crippen molar-refractivity contribution in [1.82, 2.24) is 4.57 Å². The Balaban J connectivity index is 1.91. The Hall–Kier alpha value is -3.34. The highest BCUT2D eigenvalue weighted by molar-refractivity contribution is 6.11. The van der Waals surface area contributed by atoms with Gasteiger partial charge >= 0.3 is 5.63 Å². The van der Waals surface area contributed by atoms with Crippen molar-refractivity contribution in [3.8, 4) is 0 Å². The Bertz CT molecular complexity index is 1260. The Morgan fingerprint density at radius 3 is 2.56 bits per heavy atom. The van der Waals surface area contributed by atoms with Crippen molar-refractivity contribution in [1.29, 1.82) is 0 Å². The molecule has 0 fully saturated rings. The molecule has 136 valence electrons. The number of nitrogens with zero attached hydrogens (tertiary/aromatic N) is 2. The third-order valence-electron chi connectivity index (χ3n) is 5.05. The van der Waals surface area contributed by atoms with E-state index in [0.717, 1.165) is 22.2 Å². The maximum Gasteiger partial charge on any atom is 0.345 e. The van der Waals surface area contributed by atoms with Gasteiger partial charge in [-0.1, -0.05) is 24.3 Å². The average molecular weight is 360 g/mol. The van der Waals surface area contributed by atoms with Crippen molar-refractivity contribution in [3.63, 3.8) is 0 Å². The molecule has 4 aromatic rings. The number of carbonyl (C=O) groups excluding carboxylic acids is 1. The largest absolute Gasteiger partial charge is 0.422 e. The van der Waals surface area contributed by atoms with Gasteiger partial charge in [-0.25, -0.2) is 4.79 Å². The molecule has 0 N–H and O–H groups in total. The molecule has 0 spiro atoms. The van der Waals surface area contributed by atoms with Crippen molar-refractivity contribution in [2.45, 2.75) is 13.8 Å². The molecule has 0 bridgehead atoms. The minimum absolute atomic E-state index is 0.175. The lowest BCUT2D eigenvalue weighted by atomic mass is 10.1. The monoisotopic (exact) mass is 360 g/mol. The molecule has 0 aliphatic rings. The van der Waals surface area contributed by atoms with Crippen LogP contribution in [-0.4, -0.2) is 17.5 Å². The smallest absolute Gasteiger partial charge is 0.345 e. The van der Waals surface area contributed by atoms with Gasteiger partial charge in [0.25, 0.3) is 5.91 Å². The molecule has 2 heterocycles. The lowest BCUT2D eigenvalue weighted by Crippen LogP contribution is -2.28. The predicted molar refractivity (Wildman–Crippen MR) is 108 cm³/mol. The highest BCUT2D eigenvalue weighted by Gasteiger charge is 2.22. The summed E-state index contributed by atoms with van der Waals surface area (Å²) in [5.74, 6) is -0.175. The summed E-state index contributed by atoms with van der Waals surface area (Å²) < 4.78 is 7.19. The Morgan fingerprint density at radius 1 is 1.04 bits per heavy atom. The number of amides is 1. The molecule has 2 aromatic carbocycles. The zero-order valence-electron chi connectivity index (χ0n) is 15.7. The van der Waals surface area contributed by atoms with Crippen molar-refractivity contribution < 1.29 is 9.21 Å². The quantitative estimate of drug-likeness (QED) is 0.504. The van der Waals surface area contributed by atoms with Gasteiger partial charge in [-0.05, 0) is 49.2 Å². The van der Waals surface area contributed by atoms with Crippen molar-refractivity contribution >= 4 is 33.5 Å². The summed E-state index contributed by atoms with van der Waals surface area (Å²) in [6, 6.07) is 15.0. The number of rotatable bonds is 2. The van der Waals surface area contributed by atoms with Crippen LogP contribution in [0.1, 0.15) is 21.6 Å². The fraction of sp³-hybridized carbons (Fsp3) is 0.182. The van der Waals surface area contributed by atoms with Crippen molar-refractivity contribution in [2.24, 2.45) is 7.05 Å². The van der Waals surface area contributed by atoms with Gasteiger partial charge in [0.05, 0.1) is 10.9 Å². The van der Waals surface area contributed by atoms with Crippen LogP contribution >= 0.6 is 0 Å². The van der Waals surface area contributed by atoms with Crippen LogP contribution in [0.5, 0.6) is 0 Å². The topological polar surface area (TPSA) is 55.5 Å². The van der Waals surface area contributed by atoms with Gasteiger partial charge in [0.2, 0.25) is 0 Å². The minimum atomic E-state index is -0.437. The minimum Gasteiger partial charge on any atom is -0.422 e. The number of hydrogen-bond acceptors (Lipinski definition) is 3. The zero-order valence-corrected chi connectivity index (χ0v) is 15.7. The molecule has 27 heavy (non-hydrogen) atoms. The number of hydrogen-bond donors (Lipinski definition) is 0. The fourth-order valence-electron chi connectivity index (χ4n) is 3.56. The molecular formula is C22H20N2O3. The van der Waals surface area contributed by atoms with Gasteiger partial charge in [-0.3, -0.25) is 4.79 Å². The molecule has 0 saturated carbocycles. The van der Waals surface area contributed by atoms with E-state index < -0.39 is 5.63 Å². The van der Waals surface area contributed by atoms with E-state index in [-0.39, 0.29) is 5.91 Å². The van der Waals surface area contributed by atoms with E-state index in [2.05, 4.69) is 0 Å². The van der Waals surface area contributed by atoms with Crippen LogP contribution < -0.4 is 10.5 Å². The van der Waals surface area contributed by atoms with E-state index in [1.165, 1.54) is 0 Å². The number of aryl methyl sites for hydroxylation is 3. The summed E-state index contributed by atoms with van der Waals surface area (Å²) in [4.78, 5) is 27.3. The number of fused-ring (bicyclic) bond motifs is 3. The predicted octanol–water partition coefficient (Wildman–Crippen LogP) is 4.18. The molecule has 0 saturated heterocycles. The van der Waals surface area contributed by atoms with Crippen LogP contribution in [0.3, 0.4) is 0 Å². The molecule has 2 aromatic heterocycles. The van der Waals surface area contributed by atoms with Gasteiger partial charge in [-0.2, -0.15) is 0 Å². The molecule has 4 rings (SSSR count). The highest BCUT2D eigenvalue weighted by Crippen LogP contribution is 2.27. The van der Waals surface area contributed by atoms with Gasteiger partial charge in [0.15, 0.2) is 0 Å². The number of aromatic nitrogens is 1. The van der Waals surface area contributed by atoms with E-state index in [4.69, 9.17) is 4.42 Å². The van der Waals surface area contributed by atoms with Crippen molar-refractivity contribution in [3.05, 3.63) is 75.8 Å². The van der Waals surface area contributed by atoms with Crippen LogP contribution in [0.15, 0.2) is 57.7 Å². The van der Waals surface area contributed by atoms with Crippen LogP contribution in [0, 0.1) is 13.8 Å². The molecule has 0 unspecified atom stereocenters. The first-order valence-electron chi connectivity index (χ1n) is 8.75. The zero-order chi connectivity index (χ0) is 19.3. The van der Waals surface area contributed by atoms with Gasteiger partial charge in [-0.15, -0.1) is 0 Å².